The van der Waals surface area contributed by atoms with Crippen LogP contribution in [0, 0.1) is 5.92 Å². The zero-order chi connectivity index (χ0) is 20.0. The van der Waals surface area contributed by atoms with E-state index in [4.69, 9.17) is 4.74 Å². The molecular formula is C21H23N5O3. The molecule has 8 nitrogen and oxygen atoms in total. The van der Waals surface area contributed by atoms with Crippen molar-refractivity contribution in [2.75, 3.05) is 13.7 Å². The minimum atomic E-state index is -0.434. The van der Waals surface area contributed by atoms with Crippen molar-refractivity contribution >= 4 is 11.2 Å². The summed E-state index contributed by atoms with van der Waals surface area (Å²) in [5.74, 6) is 1.90. The normalized spacial score (nSPS) is 23.0. The molecular weight excluding hydrogens is 370 g/mol. The Morgan fingerprint density at radius 1 is 1.24 bits per heavy atom. The monoisotopic (exact) mass is 393 g/mol. The number of hydrogen-bond donors (Lipinski definition) is 2. The summed E-state index contributed by atoms with van der Waals surface area (Å²) in [7, 11) is 1.72. The molecule has 150 valence electrons. The average Bonchev–Trinajstić information content (AvgIpc) is 3.16. The summed E-state index contributed by atoms with van der Waals surface area (Å²) in [5, 5.41) is 3.63. The van der Waals surface area contributed by atoms with E-state index in [1.54, 1.807) is 7.11 Å². The summed E-state index contributed by atoms with van der Waals surface area (Å²) < 4.78 is 6.79. The van der Waals surface area contributed by atoms with Gasteiger partial charge < -0.3 is 10.1 Å². The average molecular weight is 393 g/mol. The zero-order valence-electron chi connectivity index (χ0n) is 16.2. The van der Waals surface area contributed by atoms with Crippen LogP contribution in [0.15, 0.2) is 40.2 Å². The van der Waals surface area contributed by atoms with Crippen LogP contribution in [0.5, 0.6) is 5.75 Å². The maximum absolute atomic E-state index is 12.7. The van der Waals surface area contributed by atoms with E-state index in [1.807, 2.05) is 6.07 Å². The van der Waals surface area contributed by atoms with Gasteiger partial charge >= 0.3 is 5.69 Å². The van der Waals surface area contributed by atoms with Crippen LogP contribution >= 0.6 is 0 Å². The number of ether oxygens (including phenoxy) is 1. The molecule has 0 amide bonds. The number of nitrogens with zero attached hydrogens (tertiary/aromatic N) is 3. The number of hydrogen-bond acceptors (Lipinski definition) is 6. The Hall–Kier alpha value is -3.00. The van der Waals surface area contributed by atoms with Gasteiger partial charge in [-0.1, -0.05) is 12.1 Å². The summed E-state index contributed by atoms with van der Waals surface area (Å²) in [4.78, 5) is 35.8. The van der Waals surface area contributed by atoms with Crippen LogP contribution in [0.4, 0.5) is 0 Å². The van der Waals surface area contributed by atoms with Gasteiger partial charge in [-0.25, -0.2) is 14.8 Å². The van der Waals surface area contributed by atoms with Gasteiger partial charge in [0.05, 0.1) is 7.11 Å². The molecule has 1 aliphatic heterocycles. The van der Waals surface area contributed by atoms with E-state index in [9.17, 15) is 9.59 Å². The fraction of sp³-hybridized carbons (Fsp3) is 0.429. The number of aromatic nitrogens is 4. The first kappa shape index (κ1) is 18.1. The Labute approximate surface area is 167 Å². The van der Waals surface area contributed by atoms with Gasteiger partial charge in [-0.15, -0.1) is 0 Å². The second-order valence-corrected chi connectivity index (χ2v) is 7.78. The first-order valence-electron chi connectivity index (χ1n) is 10.0. The molecule has 0 saturated carbocycles. The van der Waals surface area contributed by atoms with Gasteiger partial charge in [0, 0.05) is 37.4 Å². The summed E-state index contributed by atoms with van der Waals surface area (Å²) in [6, 6.07) is 6.56. The number of fused-ring (bicyclic) bond motifs is 4. The van der Waals surface area contributed by atoms with E-state index in [-0.39, 0.29) is 22.8 Å². The largest absolute Gasteiger partial charge is 0.496 e. The van der Waals surface area contributed by atoms with Crippen LogP contribution in [-0.2, 0) is 13.0 Å². The fourth-order valence-corrected chi connectivity index (χ4v) is 5.07. The second kappa shape index (κ2) is 7.11. The number of H-pyrrole nitrogens is 1. The lowest BCUT2D eigenvalue weighted by Gasteiger charge is -2.31. The third-order valence-electron chi connectivity index (χ3n) is 6.43. The summed E-state index contributed by atoms with van der Waals surface area (Å²) >= 11 is 0. The van der Waals surface area contributed by atoms with Crippen LogP contribution in [0.25, 0.3) is 11.2 Å². The second-order valence-electron chi connectivity index (χ2n) is 7.78. The molecule has 2 aliphatic rings. The van der Waals surface area contributed by atoms with Crippen LogP contribution in [0.1, 0.15) is 29.9 Å². The lowest BCUT2D eigenvalue weighted by molar-refractivity contribution is 0.337. The molecule has 2 aromatic heterocycles. The molecule has 1 fully saturated rings. The zero-order valence-corrected chi connectivity index (χ0v) is 16.2. The number of methoxy groups -OCH3 is 1. The molecule has 29 heavy (non-hydrogen) atoms. The molecule has 1 aliphatic carbocycles. The van der Waals surface area contributed by atoms with Gasteiger partial charge in [0.1, 0.15) is 5.75 Å². The smallest absolute Gasteiger partial charge is 0.330 e. The van der Waals surface area contributed by atoms with Crippen LogP contribution in [0.3, 0.4) is 0 Å². The van der Waals surface area contributed by atoms with Crippen molar-refractivity contribution in [2.24, 2.45) is 5.92 Å². The van der Waals surface area contributed by atoms with Crippen LogP contribution in [-0.4, -0.2) is 39.2 Å². The van der Waals surface area contributed by atoms with Crippen molar-refractivity contribution in [3.05, 3.63) is 62.6 Å². The van der Waals surface area contributed by atoms with E-state index in [0.29, 0.717) is 18.4 Å². The molecule has 1 saturated heterocycles. The van der Waals surface area contributed by atoms with Gasteiger partial charge in [0.2, 0.25) is 0 Å². The van der Waals surface area contributed by atoms with Gasteiger partial charge in [-0.3, -0.25) is 14.3 Å². The fourth-order valence-electron chi connectivity index (χ4n) is 5.07. The molecule has 5 rings (SSSR count). The highest BCUT2D eigenvalue weighted by Gasteiger charge is 2.40. The Bertz CT molecular complexity index is 1180. The van der Waals surface area contributed by atoms with Crippen molar-refractivity contribution in [3.8, 4) is 5.75 Å². The molecule has 1 aromatic carbocycles. The minimum Gasteiger partial charge on any atom is -0.496 e. The highest BCUT2D eigenvalue weighted by molar-refractivity contribution is 5.66. The lowest BCUT2D eigenvalue weighted by atomic mass is 9.74. The van der Waals surface area contributed by atoms with E-state index >= 15 is 0 Å². The van der Waals surface area contributed by atoms with E-state index in [2.05, 4.69) is 32.4 Å². The van der Waals surface area contributed by atoms with Gasteiger partial charge in [0.15, 0.2) is 11.2 Å². The Balaban J connectivity index is 1.38. The number of aromatic amines is 1. The van der Waals surface area contributed by atoms with E-state index in [0.717, 1.165) is 31.6 Å². The van der Waals surface area contributed by atoms with Crippen LogP contribution in [0.2, 0.25) is 0 Å². The van der Waals surface area contributed by atoms with E-state index in [1.165, 1.54) is 28.1 Å². The van der Waals surface area contributed by atoms with Crippen molar-refractivity contribution < 1.29 is 4.74 Å². The summed E-state index contributed by atoms with van der Waals surface area (Å²) in [6.45, 7) is 1.26. The predicted molar refractivity (Wildman–Crippen MR) is 108 cm³/mol. The SMILES string of the molecule is COc1cccc2c1CC[C@H]1C(CCn3c(=O)[nH]c4nccnc4c3=O)NC[C@@H]21. The minimum absolute atomic E-state index is 0.197. The topological polar surface area (TPSA) is 102 Å². The first-order chi connectivity index (χ1) is 14.2. The maximum atomic E-state index is 12.7. The van der Waals surface area contributed by atoms with Gasteiger partial charge in [-0.05, 0) is 42.4 Å². The predicted octanol–water partition coefficient (Wildman–Crippen LogP) is 1.20. The molecule has 3 heterocycles. The molecule has 0 radical (unpaired) electrons. The number of rotatable bonds is 4. The van der Waals surface area contributed by atoms with E-state index < -0.39 is 5.69 Å². The quantitative estimate of drug-likeness (QED) is 0.691. The Morgan fingerprint density at radius 3 is 2.97 bits per heavy atom. The van der Waals surface area contributed by atoms with Crippen molar-refractivity contribution in [2.45, 2.75) is 37.8 Å². The van der Waals surface area contributed by atoms with Gasteiger partial charge in [0.25, 0.3) is 5.56 Å². The number of nitrogens with one attached hydrogen (secondary N) is 2. The maximum Gasteiger partial charge on any atom is 0.330 e. The standard InChI is InChI=1S/C21H23N5O3/c1-29-17-4-2-3-12-14(17)6-5-13-15(12)11-24-16(13)7-10-26-20(27)18-19(25-21(26)28)23-9-8-22-18/h2-4,8-9,13,15-16,24H,5-7,10-11H2,1H3,(H,23,25,28)/t13-,15+,16?/m1/s1. The van der Waals surface area contributed by atoms with Gasteiger partial charge in [-0.2, -0.15) is 0 Å². The van der Waals surface area contributed by atoms with Crippen LogP contribution < -0.4 is 21.3 Å². The van der Waals surface area contributed by atoms with Crippen molar-refractivity contribution in [3.63, 3.8) is 0 Å². The Morgan fingerprint density at radius 2 is 2.10 bits per heavy atom. The highest BCUT2D eigenvalue weighted by Crippen LogP contribution is 2.44. The third kappa shape index (κ3) is 2.95. The molecule has 1 unspecified atom stereocenters. The molecule has 0 bridgehead atoms. The molecule has 2 N–H and O–H groups in total. The third-order valence-corrected chi connectivity index (χ3v) is 6.43. The molecule has 3 aromatic rings. The molecule has 8 heteroatoms. The number of benzene rings is 1. The lowest BCUT2D eigenvalue weighted by Crippen LogP contribution is -2.38. The first-order valence-corrected chi connectivity index (χ1v) is 10.0. The summed E-state index contributed by atoms with van der Waals surface area (Å²) in [6.07, 6.45) is 5.70. The Kier molecular flexibility index (Phi) is 4.43. The molecule has 3 atom stereocenters. The van der Waals surface area contributed by atoms with Crippen molar-refractivity contribution in [1.29, 1.82) is 0 Å². The summed E-state index contributed by atoms with van der Waals surface area (Å²) in [5.41, 5.74) is 2.30. The highest BCUT2D eigenvalue weighted by atomic mass is 16.5. The van der Waals surface area contributed by atoms with Crippen molar-refractivity contribution in [1.82, 2.24) is 24.8 Å². The molecule has 0 spiro atoms.